The van der Waals surface area contributed by atoms with Gasteiger partial charge >= 0.3 is 0 Å². The van der Waals surface area contributed by atoms with Crippen molar-refractivity contribution in [2.24, 2.45) is 0 Å². The van der Waals surface area contributed by atoms with Gasteiger partial charge in [-0.1, -0.05) is 38.1 Å². The summed E-state index contributed by atoms with van der Waals surface area (Å²) in [6.45, 7) is 5.24. The first-order chi connectivity index (χ1) is 11.6. The maximum Gasteiger partial charge on any atom is 0.174 e. The molecule has 0 radical (unpaired) electrons. The highest BCUT2D eigenvalue weighted by molar-refractivity contribution is 7.80. The van der Waals surface area contributed by atoms with Crippen LogP contribution in [0.4, 0.5) is 5.82 Å². The van der Waals surface area contributed by atoms with Crippen molar-refractivity contribution >= 4 is 23.1 Å². The number of rotatable bonds is 7. The molecule has 0 fully saturated rings. The minimum Gasteiger partial charge on any atom is -0.493 e. The Bertz CT molecular complexity index is 656. The average molecular weight is 343 g/mol. The minimum atomic E-state index is 0.558. The number of hydrogen-bond donors (Lipinski definition) is 2. The van der Waals surface area contributed by atoms with Crippen LogP contribution >= 0.6 is 12.2 Å². The highest BCUT2D eigenvalue weighted by atomic mass is 32.1. The molecule has 1 heterocycles. The summed E-state index contributed by atoms with van der Waals surface area (Å²) in [4.78, 5) is 4.22. The van der Waals surface area contributed by atoms with Gasteiger partial charge in [0.05, 0.1) is 7.11 Å². The molecule has 128 valence electrons. The minimum absolute atomic E-state index is 0.558. The summed E-state index contributed by atoms with van der Waals surface area (Å²) in [6, 6.07) is 12.5. The molecule has 1 aromatic heterocycles. The van der Waals surface area contributed by atoms with E-state index in [-0.39, 0.29) is 0 Å². The van der Waals surface area contributed by atoms with Crippen molar-refractivity contribution in [2.45, 2.75) is 32.6 Å². The molecule has 24 heavy (non-hydrogen) atoms. The maximum absolute atomic E-state index is 5.30. The van der Waals surface area contributed by atoms with E-state index in [1.54, 1.807) is 13.3 Å². The van der Waals surface area contributed by atoms with Crippen LogP contribution in [-0.4, -0.2) is 23.8 Å². The summed E-state index contributed by atoms with van der Waals surface area (Å²) in [6.07, 6.45) is 3.75. The predicted molar refractivity (Wildman–Crippen MR) is 104 cm³/mol. The van der Waals surface area contributed by atoms with Gasteiger partial charge in [0.1, 0.15) is 0 Å². The molecular weight excluding hydrogens is 318 g/mol. The van der Waals surface area contributed by atoms with Crippen LogP contribution in [0.15, 0.2) is 42.6 Å². The van der Waals surface area contributed by atoms with E-state index in [0.29, 0.717) is 22.6 Å². The molecule has 2 N–H and O–H groups in total. The van der Waals surface area contributed by atoms with Crippen molar-refractivity contribution in [2.75, 3.05) is 19.0 Å². The number of thiocarbonyl (C=S) groups is 1. The molecule has 0 atom stereocenters. The third-order valence-corrected chi connectivity index (χ3v) is 4.04. The molecule has 0 aliphatic carbocycles. The van der Waals surface area contributed by atoms with Crippen molar-refractivity contribution in [1.29, 1.82) is 0 Å². The molecule has 0 bridgehead atoms. The van der Waals surface area contributed by atoms with Crippen molar-refractivity contribution in [3.8, 4) is 5.75 Å². The molecule has 0 saturated carbocycles. The zero-order chi connectivity index (χ0) is 17.4. The van der Waals surface area contributed by atoms with Crippen LogP contribution in [0.5, 0.6) is 5.75 Å². The Labute approximate surface area is 149 Å². The molecule has 1 aromatic carbocycles. The van der Waals surface area contributed by atoms with Gasteiger partial charge < -0.3 is 15.4 Å². The fourth-order valence-electron chi connectivity index (χ4n) is 2.36. The van der Waals surface area contributed by atoms with Crippen LogP contribution in [0.2, 0.25) is 0 Å². The number of anilines is 1. The predicted octanol–water partition coefficient (Wildman–Crippen LogP) is 4.13. The summed E-state index contributed by atoms with van der Waals surface area (Å²) in [7, 11) is 1.61. The number of hydrogen-bond acceptors (Lipinski definition) is 3. The number of nitrogens with zero attached hydrogens (tertiary/aromatic N) is 1. The summed E-state index contributed by atoms with van der Waals surface area (Å²) < 4.78 is 5.24. The van der Waals surface area contributed by atoms with Gasteiger partial charge in [-0.15, -0.1) is 0 Å². The normalized spacial score (nSPS) is 10.5. The van der Waals surface area contributed by atoms with Crippen LogP contribution < -0.4 is 15.4 Å². The Kier molecular flexibility index (Phi) is 7.00. The molecule has 0 aliphatic heterocycles. The first kappa shape index (κ1) is 18.2. The van der Waals surface area contributed by atoms with Crippen LogP contribution in [0.1, 0.15) is 37.3 Å². The van der Waals surface area contributed by atoms with E-state index in [1.165, 1.54) is 11.1 Å². The van der Waals surface area contributed by atoms with Gasteiger partial charge in [0.2, 0.25) is 0 Å². The molecule has 5 heteroatoms. The van der Waals surface area contributed by atoms with Crippen LogP contribution in [-0.2, 0) is 6.42 Å². The average Bonchev–Trinajstić information content (AvgIpc) is 2.59. The lowest BCUT2D eigenvalue weighted by molar-refractivity contribution is 0.415. The summed E-state index contributed by atoms with van der Waals surface area (Å²) in [5.41, 5.74) is 2.73. The van der Waals surface area contributed by atoms with Crippen LogP contribution in [0, 0.1) is 0 Å². The molecule has 0 aliphatic rings. The lowest BCUT2D eigenvalue weighted by atomic mass is 10.0. The van der Waals surface area contributed by atoms with Gasteiger partial charge in [-0.3, -0.25) is 0 Å². The Hall–Kier alpha value is -2.14. The third kappa shape index (κ3) is 5.49. The number of benzene rings is 1. The Morgan fingerprint density at radius 2 is 1.96 bits per heavy atom. The van der Waals surface area contributed by atoms with E-state index in [1.807, 2.05) is 12.1 Å². The fourth-order valence-corrected chi connectivity index (χ4v) is 2.56. The van der Waals surface area contributed by atoms with E-state index in [4.69, 9.17) is 17.0 Å². The summed E-state index contributed by atoms with van der Waals surface area (Å²) >= 11 is 5.30. The summed E-state index contributed by atoms with van der Waals surface area (Å²) in [5.74, 6) is 1.88. The van der Waals surface area contributed by atoms with Gasteiger partial charge in [0, 0.05) is 12.7 Å². The first-order valence-corrected chi connectivity index (χ1v) is 8.63. The van der Waals surface area contributed by atoms with Crippen LogP contribution in [0.25, 0.3) is 0 Å². The number of nitrogens with one attached hydrogen (secondary N) is 2. The molecule has 0 saturated heterocycles. The SMILES string of the molecule is COc1cccnc1NC(=S)NCCCc1ccc(C(C)C)cc1. The molecule has 0 amide bonds. The highest BCUT2D eigenvalue weighted by Crippen LogP contribution is 2.19. The highest BCUT2D eigenvalue weighted by Gasteiger charge is 2.05. The standard InChI is InChI=1S/C19H25N3OS/c1-14(2)16-10-8-15(9-11-16)6-4-13-21-19(24)22-18-17(23-3)7-5-12-20-18/h5,7-12,14H,4,6,13H2,1-3H3,(H2,20,21,22,24). The second-order valence-corrected chi connectivity index (χ2v) is 6.34. The van der Waals surface area contributed by atoms with Gasteiger partial charge in [0.25, 0.3) is 0 Å². The van der Waals surface area contributed by atoms with Crippen molar-refractivity contribution < 1.29 is 4.74 Å². The van der Waals surface area contributed by atoms with E-state index < -0.39 is 0 Å². The molecule has 0 unspecified atom stereocenters. The number of pyridine rings is 1. The Morgan fingerprint density at radius 3 is 2.62 bits per heavy atom. The van der Waals surface area contributed by atoms with Gasteiger partial charge in [0.15, 0.2) is 16.7 Å². The lowest BCUT2D eigenvalue weighted by Gasteiger charge is -2.12. The second-order valence-electron chi connectivity index (χ2n) is 5.94. The largest absolute Gasteiger partial charge is 0.493 e. The van der Waals surface area contributed by atoms with E-state index >= 15 is 0 Å². The first-order valence-electron chi connectivity index (χ1n) is 8.23. The fraction of sp³-hybridized carbons (Fsp3) is 0.368. The third-order valence-electron chi connectivity index (χ3n) is 3.80. The zero-order valence-electron chi connectivity index (χ0n) is 14.5. The molecule has 2 aromatic rings. The summed E-state index contributed by atoms with van der Waals surface area (Å²) in [5, 5.41) is 6.83. The Balaban J connectivity index is 1.73. The van der Waals surface area contributed by atoms with Gasteiger partial charge in [-0.05, 0) is 54.2 Å². The number of methoxy groups -OCH3 is 1. The van der Waals surface area contributed by atoms with Crippen LogP contribution in [0.3, 0.4) is 0 Å². The number of aromatic nitrogens is 1. The van der Waals surface area contributed by atoms with Gasteiger partial charge in [-0.2, -0.15) is 0 Å². The van der Waals surface area contributed by atoms with Gasteiger partial charge in [-0.25, -0.2) is 4.98 Å². The number of ether oxygens (including phenoxy) is 1. The topological polar surface area (TPSA) is 46.2 Å². The molecular formula is C19H25N3OS. The smallest absolute Gasteiger partial charge is 0.174 e. The Morgan fingerprint density at radius 1 is 1.21 bits per heavy atom. The van der Waals surface area contributed by atoms with Crippen molar-refractivity contribution in [3.63, 3.8) is 0 Å². The van der Waals surface area contributed by atoms with Crippen molar-refractivity contribution in [1.82, 2.24) is 10.3 Å². The molecule has 0 spiro atoms. The van der Waals surface area contributed by atoms with E-state index in [2.05, 4.69) is 53.7 Å². The monoisotopic (exact) mass is 343 g/mol. The number of aryl methyl sites for hydroxylation is 1. The quantitative estimate of drug-likeness (QED) is 0.584. The lowest BCUT2D eigenvalue weighted by Crippen LogP contribution is -2.30. The van der Waals surface area contributed by atoms with Crippen molar-refractivity contribution in [3.05, 3.63) is 53.7 Å². The second kappa shape index (κ2) is 9.23. The van der Waals surface area contributed by atoms with E-state index in [9.17, 15) is 0 Å². The maximum atomic E-state index is 5.30. The molecule has 4 nitrogen and oxygen atoms in total. The molecule has 2 rings (SSSR count). The zero-order valence-corrected chi connectivity index (χ0v) is 15.3. The van der Waals surface area contributed by atoms with E-state index in [0.717, 1.165) is 19.4 Å².